The van der Waals surface area contributed by atoms with E-state index >= 15 is 0 Å². The van der Waals surface area contributed by atoms with E-state index in [1.165, 1.54) is 11.3 Å². The van der Waals surface area contributed by atoms with Crippen molar-refractivity contribution in [3.05, 3.63) is 59.7 Å². The van der Waals surface area contributed by atoms with E-state index < -0.39 is 0 Å². The van der Waals surface area contributed by atoms with Crippen molar-refractivity contribution in [2.75, 3.05) is 43.1 Å². The van der Waals surface area contributed by atoms with Crippen molar-refractivity contribution in [1.82, 2.24) is 20.4 Å². The standard InChI is InChI=1S/C24H28N6O2S2/c1-16(30-12-10-25-11-13-30)21(31)26-20-14-18(8-9-19(20)15-33-2)22(32)27-24-29-28-23(34-24)17-6-4-3-5-7-17/h3-9,14,16,25H,10-13,15H2,1-2H3,(H,26,31)(H,27,29,32). The maximum Gasteiger partial charge on any atom is 0.257 e. The molecule has 2 heterocycles. The summed E-state index contributed by atoms with van der Waals surface area (Å²) in [6.45, 7) is 5.35. The van der Waals surface area contributed by atoms with Crippen LogP contribution >= 0.6 is 23.1 Å². The normalized spacial score (nSPS) is 15.0. The molecule has 34 heavy (non-hydrogen) atoms. The average Bonchev–Trinajstić information content (AvgIpc) is 3.34. The predicted molar refractivity (Wildman–Crippen MR) is 139 cm³/mol. The highest BCUT2D eigenvalue weighted by atomic mass is 32.2. The van der Waals surface area contributed by atoms with Crippen molar-refractivity contribution in [2.45, 2.75) is 18.7 Å². The topological polar surface area (TPSA) is 99.2 Å². The molecule has 0 spiro atoms. The molecule has 0 bridgehead atoms. The van der Waals surface area contributed by atoms with Gasteiger partial charge in [0.25, 0.3) is 5.91 Å². The Kier molecular flexibility index (Phi) is 8.28. The minimum Gasteiger partial charge on any atom is -0.324 e. The number of piperazine rings is 1. The van der Waals surface area contributed by atoms with Gasteiger partial charge in [-0.25, -0.2) is 0 Å². The molecule has 1 unspecified atom stereocenters. The third-order valence-electron chi connectivity index (χ3n) is 5.67. The molecule has 1 aliphatic heterocycles. The highest BCUT2D eigenvalue weighted by Crippen LogP contribution is 2.27. The van der Waals surface area contributed by atoms with Crippen LogP contribution in [0, 0.1) is 0 Å². The fourth-order valence-electron chi connectivity index (χ4n) is 3.73. The lowest BCUT2D eigenvalue weighted by Gasteiger charge is -2.32. The van der Waals surface area contributed by atoms with Crippen LogP contribution in [0.15, 0.2) is 48.5 Å². The second-order valence-corrected chi connectivity index (χ2v) is 9.83. The van der Waals surface area contributed by atoms with E-state index in [0.717, 1.165) is 48.1 Å². The zero-order valence-corrected chi connectivity index (χ0v) is 20.8. The average molecular weight is 497 g/mol. The highest BCUT2D eigenvalue weighted by Gasteiger charge is 2.23. The maximum atomic E-state index is 13.0. The van der Waals surface area contributed by atoms with Gasteiger partial charge in [-0.05, 0) is 30.9 Å². The summed E-state index contributed by atoms with van der Waals surface area (Å²) in [6.07, 6.45) is 2.01. The summed E-state index contributed by atoms with van der Waals surface area (Å²) < 4.78 is 0. The minimum atomic E-state index is -0.294. The Morgan fingerprint density at radius 1 is 1.12 bits per heavy atom. The van der Waals surface area contributed by atoms with Crippen LogP contribution in [0.3, 0.4) is 0 Å². The molecule has 1 aliphatic rings. The molecule has 10 heteroatoms. The Bertz CT molecular complexity index is 1130. The van der Waals surface area contributed by atoms with Crippen molar-refractivity contribution in [2.24, 2.45) is 0 Å². The largest absolute Gasteiger partial charge is 0.324 e. The second-order valence-electron chi connectivity index (χ2n) is 7.99. The van der Waals surface area contributed by atoms with E-state index in [-0.39, 0.29) is 17.9 Å². The van der Waals surface area contributed by atoms with E-state index in [2.05, 4.69) is 31.0 Å². The monoisotopic (exact) mass is 496 g/mol. The molecule has 1 saturated heterocycles. The second kappa shape index (κ2) is 11.6. The first-order valence-corrected chi connectivity index (χ1v) is 13.3. The van der Waals surface area contributed by atoms with Gasteiger partial charge in [-0.15, -0.1) is 10.2 Å². The van der Waals surface area contributed by atoms with Crippen LogP contribution in [-0.2, 0) is 10.5 Å². The molecule has 1 fully saturated rings. The van der Waals surface area contributed by atoms with Gasteiger partial charge in [-0.1, -0.05) is 47.7 Å². The molecule has 1 aromatic heterocycles. The van der Waals surface area contributed by atoms with Crippen molar-refractivity contribution >= 4 is 45.7 Å². The summed E-state index contributed by atoms with van der Waals surface area (Å²) in [5.74, 6) is 0.367. The third kappa shape index (κ3) is 6.01. The Labute approximate surface area is 207 Å². The third-order valence-corrected chi connectivity index (χ3v) is 7.16. The van der Waals surface area contributed by atoms with E-state index in [1.54, 1.807) is 23.9 Å². The van der Waals surface area contributed by atoms with Crippen LogP contribution in [0.5, 0.6) is 0 Å². The van der Waals surface area contributed by atoms with Gasteiger partial charge in [0.2, 0.25) is 11.0 Å². The van der Waals surface area contributed by atoms with Gasteiger partial charge in [0.1, 0.15) is 5.01 Å². The molecule has 1 atom stereocenters. The number of rotatable bonds is 8. The van der Waals surface area contributed by atoms with Crippen molar-refractivity contribution in [3.63, 3.8) is 0 Å². The summed E-state index contributed by atoms with van der Waals surface area (Å²) in [5.41, 5.74) is 3.04. The molecule has 3 aromatic rings. The molecule has 3 N–H and O–H groups in total. The van der Waals surface area contributed by atoms with Crippen LogP contribution in [0.2, 0.25) is 0 Å². The zero-order chi connectivity index (χ0) is 23.9. The Hall–Kier alpha value is -2.79. The fraction of sp³-hybridized carbons (Fsp3) is 0.333. The Balaban J connectivity index is 1.48. The fourth-order valence-corrected chi connectivity index (χ4v) is 5.04. The molecule has 0 saturated carbocycles. The molecule has 0 radical (unpaired) electrons. The molecule has 178 valence electrons. The number of nitrogens with one attached hydrogen (secondary N) is 3. The number of carbonyl (C=O) groups is 2. The summed E-state index contributed by atoms with van der Waals surface area (Å²) in [5, 5.41) is 18.6. The number of thioether (sulfide) groups is 1. The number of aromatic nitrogens is 2. The molecule has 4 rings (SSSR count). The molecular weight excluding hydrogens is 468 g/mol. The van der Waals surface area contributed by atoms with Gasteiger partial charge >= 0.3 is 0 Å². The van der Waals surface area contributed by atoms with E-state index in [9.17, 15) is 9.59 Å². The number of hydrogen-bond acceptors (Lipinski definition) is 8. The van der Waals surface area contributed by atoms with E-state index in [1.807, 2.05) is 49.6 Å². The smallest absolute Gasteiger partial charge is 0.257 e. The number of nitrogens with zero attached hydrogens (tertiary/aromatic N) is 3. The number of hydrogen-bond donors (Lipinski definition) is 3. The Morgan fingerprint density at radius 3 is 2.62 bits per heavy atom. The van der Waals surface area contributed by atoms with E-state index in [4.69, 9.17) is 0 Å². The molecule has 0 aliphatic carbocycles. The zero-order valence-electron chi connectivity index (χ0n) is 19.2. The van der Waals surface area contributed by atoms with Gasteiger partial charge in [0.15, 0.2) is 0 Å². The van der Waals surface area contributed by atoms with Gasteiger partial charge in [0.05, 0.1) is 6.04 Å². The van der Waals surface area contributed by atoms with Crippen LogP contribution in [0.25, 0.3) is 10.6 Å². The molecular formula is C24H28N6O2S2. The van der Waals surface area contributed by atoms with Gasteiger partial charge in [-0.3, -0.25) is 19.8 Å². The molecule has 2 aromatic carbocycles. The SMILES string of the molecule is CSCc1ccc(C(=O)Nc2nnc(-c3ccccc3)s2)cc1NC(=O)C(C)N1CCNCC1. The van der Waals surface area contributed by atoms with Crippen molar-refractivity contribution in [3.8, 4) is 10.6 Å². The number of carbonyl (C=O) groups excluding carboxylic acids is 2. The summed E-state index contributed by atoms with van der Waals surface area (Å²) in [4.78, 5) is 28.1. The van der Waals surface area contributed by atoms with Crippen molar-refractivity contribution < 1.29 is 9.59 Å². The number of benzene rings is 2. The highest BCUT2D eigenvalue weighted by molar-refractivity contribution is 7.97. The van der Waals surface area contributed by atoms with Crippen LogP contribution in [0.1, 0.15) is 22.8 Å². The lowest BCUT2D eigenvalue weighted by atomic mass is 10.1. The molecule has 8 nitrogen and oxygen atoms in total. The first-order chi connectivity index (χ1) is 16.5. The lowest BCUT2D eigenvalue weighted by molar-refractivity contribution is -0.121. The van der Waals surface area contributed by atoms with Gasteiger partial charge in [-0.2, -0.15) is 11.8 Å². The van der Waals surface area contributed by atoms with Crippen LogP contribution < -0.4 is 16.0 Å². The van der Waals surface area contributed by atoms with E-state index in [0.29, 0.717) is 16.4 Å². The van der Waals surface area contributed by atoms with Crippen LogP contribution in [-0.4, -0.2) is 65.4 Å². The predicted octanol–water partition coefficient (Wildman–Crippen LogP) is 3.55. The minimum absolute atomic E-state index is 0.0709. The summed E-state index contributed by atoms with van der Waals surface area (Å²) in [7, 11) is 0. The van der Waals surface area contributed by atoms with Gasteiger partial charge in [0, 0.05) is 48.7 Å². The number of anilines is 2. The summed E-state index contributed by atoms with van der Waals surface area (Å²) >= 11 is 2.98. The first-order valence-electron chi connectivity index (χ1n) is 11.1. The van der Waals surface area contributed by atoms with Crippen molar-refractivity contribution in [1.29, 1.82) is 0 Å². The molecule has 2 amide bonds. The lowest BCUT2D eigenvalue weighted by Crippen LogP contribution is -2.51. The van der Waals surface area contributed by atoms with Crippen LogP contribution in [0.4, 0.5) is 10.8 Å². The van der Waals surface area contributed by atoms with Gasteiger partial charge < -0.3 is 10.6 Å². The Morgan fingerprint density at radius 2 is 1.88 bits per heavy atom. The summed E-state index contributed by atoms with van der Waals surface area (Å²) in [6, 6.07) is 14.9. The number of amides is 2. The quantitative estimate of drug-likeness (QED) is 0.439. The first kappa shape index (κ1) is 24.3. The maximum absolute atomic E-state index is 13.0.